The largest absolute Gasteiger partial charge is 0.377 e. The number of hydrogen-bond acceptors (Lipinski definition) is 3. The molecule has 0 aromatic carbocycles. The molecule has 2 atom stereocenters. The predicted molar refractivity (Wildman–Crippen MR) is 75.5 cm³/mol. The van der Waals surface area contributed by atoms with Crippen molar-refractivity contribution in [3.63, 3.8) is 0 Å². The fourth-order valence-corrected chi connectivity index (χ4v) is 4.79. The van der Waals surface area contributed by atoms with Crippen LogP contribution in [0.2, 0.25) is 0 Å². The minimum absolute atomic E-state index is 0.0362. The van der Waals surface area contributed by atoms with Crippen molar-refractivity contribution in [3.8, 4) is 0 Å². The Morgan fingerprint density at radius 2 is 1.89 bits per heavy atom. The highest BCUT2D eigenvalue weighted by Gasteiger charge is 2.34. The van der Waals surface area contributed by atoms with E-state index in [0.29, 0.717) is 38.7 Å². The predicted octanol–water partition coefficient (Wildman–Crippen LogP) is 1.29. The summed E-state index contributed by atoms with van der Waals surface area (Å²) in [5.41, 5.74) is 0. The highest BCUT2D eigenvalue weighted by Crippen LogP contribution is 2.23. The molecule has 0 amide bonds. The van der Waals surface area contributed by atoms with Gasteiger partial charge >= 0.3 is 0 Å². The average molecular weight is 311 g/mol. The van der Waals surface area contributed by atoms with Gasteiger partial charge in [0.2, 0.25) is 0 Å². The number of nitrogens with zero attached hydrogens (tertiary/aromatic N) is 2. The molecule has 0 aromatic heterocycles. The van der Waals surface area contributed by atoms with Crippen LogP contribution in [0.15, 0.2) is 0 Å². The van der Waals surface area contributed by atoms with Gasteiger partial charge in [-0.25, -0.2) is 0 Å². The third-order valence-corrected chi connectivity index (χ3v) is 6.17. The van der Waals surface area contributed by atoms with Gasteiger partial charge in [0.25, 0.3) is 10.2 Å². The van der Waals surface area contributed by atoms with Crippen LogP contribution in [0.25, 0.3) is 0 Å². The first kappa shape index (κ1) is 15.5. The average Bonchev–Trinajstić information content (AvgIpc) is 2.64. The third-order valence-electron chi connectivity index (χ3n) is 3.77. The summed E-state index contributed by atoms with van der Waals surface area (Å²) >= 11 is 5.88. The van der Waals surface area contributed by atoms with Gasteiger partial charge in [0.05, 0.1) is 6.10 Å². The summed E-state index contributed by atoms with van der Waals surface area (Å²) in [5.74, 6) is 0.816. The second-order valence-electron chi connectivity index (χ2n) is 5.42. The molecule has 0 saturated carbocycles. The van der Waals surface area contributed by atoms with Crippen LogP contribution in [0.5, 0.6) is 0 Å². The Labute approximate surface area is 121 Å². The van der Waals surface area contributed by atoms with Crippen LogP contribution in [-0.2, 0) is 14.9 Å². The fraction of sp³-hybridized carbons (Fsp3) is 1.00. The summed E-state index contributed by atoms with van der Waals surface area (Å²) in [7, 11) is -3.36. The molecule has 7 heteroatoms. The van der Waals surface area contributed by atoms with E-state index in [1.54, 1.807) is 8.61 Å². The molecule has 2 heterocycles. The third kappa shape index (κ3) is 3.82. The first-order chi connectivity index (χ1) is 9.04. The standard InChI is InChI=1S/C12H23ClN2O3S/c1-11-9-14(6-3-7-18-11)19(16,17)15-5-2-4-12(8-13)10-15/h11-12H,2-10H2,1H3. The van der Waals surface area contributed by atoms with Gasteiger partial charge in [-0.15, -0.1) is 11.6 Å². The summed E-state index contributed by atoms with van der Waals surface area (Å²) in [4.78, 5) is 0. The number of rotatable bonds is 3. The summed E-state index contributed by atoms with van der Waals surface area (Å²) < 4.78 is 34.0. The van der Waals surface area contributed by atoms with E-state index >= 15 is 0 Å². The molecule has 2 rings (SSSR count). The second kappa shape index (κ2) is 6.72. The van der Waals surface area contributed by atoms with Crippen molar-refractivity contribution in [1.82, 2.24) is 8.61 Å². The topological polar surface area (TPSA) is 49.9 Å². The van der Waals surface area contributed by atoms with E-state index in [2.05, 4.69) is 0 Å². The monoisotopic (exact) mass is 310 g/mol. The molecular formula is C12H23ClN2O3S. The van der Waals surface area contributed by atoms with Crippen molar-refractivity contribution in [3.05, 3.63) is 0 Å². The van der Waals surface area contributed by atoms with E-state index in [1.807, 2.05) is 6.92 Å². The van der Waals surface area contributed by atoms with Gasteiger partial charge in [0.1, 0.15) is 0 Å². The molecule has 2 unspecified atom stereocenters. The second-order valence-corrected chi connectivity index (χ2v) is 7.66. The van der Waals surface area contributed by atoms with Crippen molar-refractivity contribution in [2.24, 2.45) is 5.92 Å². The molecule has 0 aromatic rings. The van der Waals surface area contributed by atoms with Crippen LogP contribution in [0, 0.1) is 5.92 Å². The molecular weight excluding hydrogens is 288 g/mol. The Hall–Kier alpha value is 0.120. The van der Waals surface area contributed by atoms with Gasteiger partial charge in [0.15, 0.2) is 0 Å². The van der Waals surface area contributed by atoms with E-state index < -0.39 is 10.2 Å². The van der Waals surface area contributed by atoms with Gasteiger partial charge in [-0.3, -0.25) is 0 Å². The lowest BCUT2D eigenvalue weighted by atomic mass is 10.0. The minimum Gasteiger partial charge on any atom is -0.377 e. The first-order valence-electron chi connectivity index (χ1n) is 6.97. The maximum atomic E-state index is 12.7. The highest BCUT2D eigenvalue weighted by atomic mass is 35.5. The fourth-order valence-electron chi connectivity index (χ4n) is 2.69. The number of piperidine rings is 1. The lowest BCUT2D eigenvalue weighted by Crippen LogP contribution is -2.49. The zero-order chi connectivity index (χ0) is 13.9. The van der Waals surface area contributed by atoms with Crippen molar-refractivity contribution < 1.29 is 13.2 Å². The van der Waals surface area contributed by atoms with Crippen LogP contribution >= 0.6 is 11.6 Å². The molecule has 0 bridgehead atoms. The van der Waals surface area contributed by atoms with Crippen LogP contribution < -0.4 is 0 Å². The van der Waals surface area contributed by atoms with Crippen molar-refractivity contribution in [2.75, 3.05) is 38.7 Å². The number of hydrogen-bond donors (Lipinski definition) is 0. The van der Waals surface area contributed by atoms with E-state index in [0.717, 1.165) is 19.3 Å². The van der Waals surface area contributed by atoms with E-state index in [-0.39, 0.29) is 12.0 Å². The number of alkyl halides is 1. The molecule has 112 valence electrons. The van der Waals surface area contributed by atoms with Crippen molar-refractivity contribution in [2.45, 2.75) is 32.3 Å². The van der Waals surface area contributed by atoms with Crippen LogP contribution in [0.3, 0.4) is 0 Å². The molecule has 2 fully saturated rings. The highest BCUT2D eigenvalue weighted by molar-refractivity contribution is 7.86. The Balaban J connectivity index is 2.07. The van der Waals surface area contributed by atoms with Crippen LogP contribution in [-0.4, -0.2) is 61.8 Å². The smallest absolute Gasteiger partial charge is 0.282 e. The molecule has 5 nitrogen and oxygen atoms in total. The molecule has 0 radical (unpaired) electrons. The van der Waals surface area contributed by atoms with Gasteiger partial charge in [0, 0.05) is 38.7 Å². The zero-order valence-corrected chi connectivity index (χ0v) is 13.0. The molecule has 2 aliphatic heterocycles. The summed E-state index contributed by atoms with van der Waals surface area (Å²) in [5, 5.41) is 0. The SMILES string of the molecule is CC1CN(S(=O)(=O)N2CCCC(CCl)C2)CCCO1. The number of ether oxygens (including phenoxy) is 1. The Morgan fingerprint density at radius 1 is 1.21 bits per heavy atom. The molecule has 0 spiro atoms. The molecule has 2 aliphatic rings. The minimum atomic E-state index is -3.36. The maximum absolute atomic E-state index is 12.7. The lowest BCUT2D eigenvalue weighted by molar-refractivity contribution is 0.0745. The van der Waals surface area contributed by atoms with Crippen molar-refractivity contribution >= 4 is 21.8 Å². The van der Waals surface area contributed by atoms with E-state index in [4.69, 9.17) is 16.3 Å². The zero-order valence-electron chi connectivity index (χ0n) is 11.4. The lowest BCUT2D eigenvalue weighted by Gasteiger charge is -2.35. The molecule has 0 N–H and O–H groups in total. The summed E-state index contributed by atoms with van der Waals surface area (Å²) in [6, 6.07) is 0. The quantitative estimate of drug-likeness (QED) is 0.738. The molecule has 0 aliphatic carbocycles. The van der Waals surface area contributed by atoms with E-state index in [1.165, 1.54) is 0 Å². The van der Waals surface area contributed by atoms with Gasteiger partial charge in [-0.05, 0) is 32.1 Å². The summed E-state index contributed by atoms with van der Waals surface area (Å²) in [6.07, 6.45) is 2.65. The normalized spacial score (nSPS) is 32.1. The van der Waals surface area contributed by atoms with Crippen LogP contribution in [0.4, 0.5) is 0 Å². The van der Waals surface area contributed by atoms with Crippen LogP contribution in [0.1, 0.15) is 26.2 Å². The van der Waals surface area contributed by atoms with Gasteiger partial charge in [-0.2, -0.15) is 17.0 Å². The first-order valence-corrected chi connectivity index (χ1v) is 8.90. The Bertz CT molecular complexity index is 390. The number of halogens is 1. The Kier molecular flexibility index (Phi) is 5.48. The Morgan fingerprint density at radius 3 is 2.63 bits per heavy atom. The molecule has 19 heavy (non-hydrogen) atoms. The maximum Gasteiger partial charge on any atom is 0.282 e. The van der Waals surface area contributed by atoms with Gasteiger partial charge < -0.3 is 4.74 Å². The van der Waals surface area contributed by atoms with Gasteiger partial charge in [-0.1, -0.05) is 0 Å². The van der Waals surface area contributed by atoms with E-state index in [9.17, 15) is 8.42 Å². The summed E-state index contributed by atoms with van der Waals surface area (Å²) in [6.45, 7) is 4.72. The van der Waals surface area contributed by atoms with Crippen molar-refractivity contribution in [1.29, 1.82) is 0 Å². The molecule has 2 saturated heterocycles.